The van der Waals surface area contributed by atoms with Crippen LogP contribution >= 0.6 is 27.3 Å². The van der Waals surface area contributed by atoms with Crippen LogP contribution < -0.4 is 11.1 Å². The lowest BCUT2D eigenvalue weighted by Crippen LogP contribution is -2.38. The van der Waals surface area contributed by atoms with E-state index < -0.39 is 0 Å². The van der Waals surface area contributed by atoms with Gasteiger partial charge >= 0.3 is 0 Å². The summed E-state index contributed by atoms with van der Waals surface area (Å²) in [4.78, 5) is 13.3. The Morgan fingerprint density at radius 1 is 1.47 bits per heavy atom. The highest BCUT2D eigenvalue weighted by molar-refractivity contribution is 9.11. The van der Waals surface area contributed by atoms with E-state index in [1.54, 1.807) is 11.3 Å². The standard InChI is InChI=1S/C14H23BrN2OS/c1-14(2,3)8-10(9-16)13(18)17-7-6-11-4-5-12(15)19-11/h4-5,10H,6-9,16H2,1-3H3,(H,17,18). The van der Waals surface area contributed by atoms with Crippen LogP contribution in [0.4, 0.5) is 0 Å². The van der Waals surface area contributed by atoms with Crippen molar-refractivity contribution in [2.24, 2.45) is 17.1 Å². The van der Waals surface area contributed by atoms with Gasteiger partial charge in [-0.1, -0.05) is 20.8 Å². The maximum Gasteiger partial charge on any atom is 0.224 e. The van der Waals surface area contributed by atoms with Crippen molar-refractivity contribution in [3.8, 4) is 0 Å². The molecule has 1 amide bonds. The van der Waals surface area contributed by atoms with E-state index in [-0.39, 0.29) is 17.2 Å². The van der Waals surface area contributed by atoms with Gasteiger partial charge in [0.05, 0.1) is 9.70 Å². The van der Waals surface area contributed by atoms with Gasteiger partial charge in [-0.25, -0.2) is 0 Å². The highest BCUT2D eigenvalue weighted by Crippen LogP contribution is 2.24. The molecule has 0 aliphatic carbocycles. The molecule has 0 bridgehead atoms. The smallest absolute Gasteiger partial charge is 0.224 e. The first kappa shape index (κ1) is 16.7. The minimum atomic E-state index is -0.0879. The molecule has 0 aliphatic rings. The highest BCUT2D eigenvalue weighted by atomic mass is 79.9. The largest absolute Gasteiger partial charge is 0.355 e. The van der Waals surface area contributed by atoms with Crippen molar-refractivity contribution < 1.29 is 4.79 Å². The Hall–Kier alpha value is -0.390. The average Bonchev–Trinajstić information content (AvgIpc) is 2.70. The van der Waals surface area contributed by atoms with Gasteiger partial charge in [0.1, 0.15) is 0 Å². The molecule has 5 heteroatoms. The van der Waals surface area contributed by atoms with Gasteiger partial charge in [0, 0.05) is 18.0 Å². The fourth-order valence-electron chi connectivity index (χ4n) is 1.96. The van der Waals surface area contributed by atoms with Gasteiger partial charge in [-0.15, -0.1) is 11.3 Å². The molecule has 0 aromatic carbocycles. The molecule has 1 rings (SSSR count). The fourth-order valence-corrected chi connectivity index (χ4v) is 3.44. The molecule has 19 heavy (non-hydrogen) atoms. The summed E-state index contributed by atoms with van der Waals surface area (Å²) < 4.78 is 1.13. The van der Waals surface area contributed by atoms with E-state index in [0.717, 1.165) is 16.6 Å². The number of rotatable bonds is 6. The number of nitrogens with two attached hydrogens (primary N) is 1. The second-order valence-corrected chi connectivity index (χ2v) is 8.49. The van der Waals surface area contributed by atoms with E-state index in [0.29, 0.717) is 13.1 Å². The Labute approximate surface area is 128 Å². The summed E-state index contributed by atoms with van der Waals surface area (Å²) in [5.74, 6) is -0.0110. The minimum absolute atomic E-state index is 0.0769. The number of amides is 1. The maximum atomic E-state index is 12.1. The molecule has 0 saturated carbocycles. The lowest BCUT2D eigenvalue weighted by Gasteiger charge is -2.24. The zero-order chi connectivity index (χ0) is 14.5. The van der Waals surface area contributed by atoms with E-state index in [9.17, 15) is 4.79 Å². The number of carbonyl (C=O) groups excluding carboxylic acids is 1. The van der Waals surface area contributed by atoms with Gasteiger partial charge < -0.3 is 11.1 Å². The van der Waals surface area contributed by atoms with Crippen molar-refractivity contribution in [1.82, 2.24) is 5.32 Å². The molecule has 1 unspecified atom stereocenters. The van der Waals surface area contributed by atoms with Crippen LogP contribution in [0, 0.1) is 11.3 Å². The van der Waals surface area contributed by atoms with Gasteiger partial charge in [-0.2, -0.15) is 0 Å². The molecule has 3 nitrogen and oxygen atoms in total. The number of nitrogens with one attached hydrogen (secondary N) is 1. The molecule has 0 spiro atoms. The predicted octanol–water partition coefficient (Wildman–Crippen LogP) is 3.18. The van der Waals surface area contributed by atoms with E-state index in [4.69, 9.17) is 5.73 Å². The molecule has 0 radical (unpaired) electrons. The lowest BCUT2D eigenvalue weighted by molar-refractivity contribution is -0.125. The van der Waals surface area contributed by atoms with Crippen LogP contribution in [-0.4, -0.2) is 19.0 Å². The number of hydrogen-bond donors (Lipinski definition) is 2. The molecule has 3 N–H and O–H groups in total. The van der Waals surface area contributed by atoms with Gasteiger partial charge in [0.25, 0.3) is 0 Å². The van der Waals surface area contributed by atoms with Crippen molar-refractivity contribution >= 4 is 33.2 Å². The first-order valence-electron chi connectivity index (χ1n) is 6.54. The minimum Gasteiger partial charge on any atom is -0.355 e. The van der Waals surface area contributed by atoms with Crippen molar-refractivity contribution in [2.75, 3.05) is 13.1 Å². The number of carbonyl (C=O) groups is 1. The maximum absolute atomic E-state index is 12.1. The van der Waals surface area contributed by atoms with Crippen LogP contribution in [0.2, 0.25) is 0 Å². The number of thiophene rings is 1. The van der Waals surface area contributed by atoms with Crippen molar-refractivity contribution in [3.05, 3.63) is 20.8 Å². The molecular formula is C14H23BrN2OS. The Bertz CT molecular complexity index is 412. The quantitative estimate of drug-likeness (QED) is 0.830. The molecule has 0 aliphatic heterocycles. The second-order valence-electron chi connectivity index (χ2n) is 5.94. The Kier molecular flexibility index (Phi) is 6.50. The third-order valence-corrected chi connectivity index (χ3v) is 4.50. The third-order valence-electron chi connectivity index (χ3n) is 2.81. The van der Waals surface area contributed by atoms with E-state index in [1.807, 2.05) is 6.07 Å². The molecule has 1 aromatic heterocycles. The van der Waals surface area contributed by atoms with Crippen molar-refractivity contribution in [1.29, 1.82) is 0 Å². The summed E-state index contributed by atoms with van der Waals surface area (Å²) >= 11 is 5.14. The van der Waals surface area contributed by atoms with Gasteiger partial charge in [0.15, 0.2) is 0 Å². The zero-order valence-corrected chi connectivity index (χ0v) is 14.2. The Morgan fingerprint density at radius 2 is 2.16 bits per heavy atom. The van der Waals surface area contributed by atoms with E-state index in [2.05, 4.69) is 48.1 Å². The monoisotopic (exact) mass is 346 g/mol. The SMILES string of the molecule is CC(C)(C)CC(CN)C(=O)NCCc1ccc(Br)s1. The summed E-state index contributed by atoms with van der Waals surface area (Å²) in [7, 11) is 0. The highest BCUT2D eigenvalue weighted by Gasteiger charge is 2.23. The average molecular weight is 347 g/mol. The molecule has 0 fully saturated rings. The summed E-state index contributed by atoms with van der Waals surface area (Å²) in [6, 6.07) is 4.11. The van der Waals surface area contributed by atoms with E-state index in [1.165, 1.54) is 4.88 Å². The summed E-state index contributed by atoms with van der Waals surface area (Å²) in [5, 5.41) is 2.99. The van der Waals surface area contributed by atoms with Crippen LogP contribution in [0.25, 0.3) is 0 Å². The summed E-state index contributed by atoms with van der Waals surface area (Å²) in [6.45, 7) is 7.48. The Morgan fingerprint density at radius 3 is 2.63 bits per heavy atom. The third kappa shape index (κ3) is 6.54. The lowest BCUT2D eigenvalue weighted by atomic mass is 9.84. The van der Waals surface area contributed by atoms with Crippen LogP contribution in [0.1, 0.15) is 32.1 Å². The normalized spacial score (nSPS) is 13.3. The first-order chi connectivity index (χ1) is 8.81. The molecule has 1 heterocycles. The second kappa shape index (κ2) is 7.41. The fraction of sp³-hybridized carbons (Fsp3) is 0.643. The van der Waals surface area contributed by atoms with E-state index >= 15 is 0 Å². The van der Waals surface area contributed by atoms with Gasteiger partial charge in [-0.3, -0.25) is 4.79 Å². The van der Waals surface area contributed by atoms with Crippen molar-refractivity contribution in [2.45, 2.75) is 33.6 Å². The molecular weight excluding hydrogens is 324 g/mol. The predicted molar refractivity (Wildman–Crippen MR) is 85.3 cm³/mol. The molecule has 0 saturated heterocycles. The molecule has 1 aromatic rings. The number of hydrogen-bond acceptors (Lipinski definition) is 3. The molecule has 108 valence electrons. The van der Waals surface area contributed by atoms with Crippen LogP contribution in [0.15, 0.2) is 15.9 Å². The zero-order valence-electron chi connectivity index (χ0n) is 11.8. The first-order valence-corrected chi connectivity index (χ1v) is 8.15. The molecule has 1 atom stereocenters. The topological polar surface area (TPSA) is 55.1 Å². The Balaban J connectivity index is 2.36. The van der Waals surface area contributed by atoms with Crippen LogP contribution in [-0.2, 0) is 11.2 Å². The van der Waals surface area contributed by atoms with Gasteiger partial charge in [-0.05, 0) is 46.3 Å². The van der Waals surface area contributed by atoms with Gasteiger partial charge in [0.2, 0.25) is 5.91 Å². The summed E-state index contributed by atoms with van der Waals surface area (Å²) in [5.41, 5.74) is 5.83. The van der Waals surface area contributed by atoms with Crippen molar-refractivity contribution in [3.63, 3.8) is 0 Å². The summed E-state index contributed by atoms with van der Waals surface area (Å²) in [6.07, 6.45) is 1.69. The van der Waals surface area contributed by atoms with Crippen LogP contribution in [0.3, 0.4) is 0 Å². The number of halogens is 1. The van der Waals surface area contributed by atoms with Crippen LogP contribution in [0.5, 0.6) is 0 Å².